The van der Waals surface area contributed by atoms with Crippen molar-refractivity contribution in [2.24, 2.45) is 5.73 Å². The summed E-state index contributed by atoms with van der Waals surface area (Å²) in [6, 6.07) is -3.31. The Morgan fingerprint density at radius 2 is 0.822 bits per heavy atom. The molecule has 0 saturated carbocycles. The van der Waals surface area contributed by atoms with Crippen molar-refractivity contribution in [1.29, 1.82) is 0 Å². The summed E-state index contributed by atoms with van der Waals surface area (Å²) in [7, 11) is 3.82. The summed E-state index contributed by atoms with van der Waals surface area (Å²) in [5.41, 5.74) is 11.8. The third kappa shape index (κ3) is 44.5. The number of benzene rings is 2. The SMILES string of the molecule is C#CCN(Cc1ccc2nc(N)[nH]c(=O)c2c1)c1ccc(C(=O)NC(CCC(=O)OCCSSCC(NC(=O)C(CCC(=O)NCC(O)C(O)C(O)C(O)CO)NC(=O)C(CCC(=O)O)NC(=O)C(CCC(=O)NCC(O)C(O)C(O)C(O)CO)NC(=O)C(CCC(=O)O)NC(=O)C(CCC(=O)NCC(O)C(O)C(O)C(O)CO)NC(=O)CCSSCCOC(N)=O)C(=O)O)C(=O)O)cc1. The van der Waals surface area contributed by atoms with Crippen LogP contribution >= 0.6 is 43.2 Å². The number of terminal acetylenes is 1. The van der Waals surface area contributed by atoms with E-state index in [1.807, 2.05) is 0 Å². The normalized spacial score (nSPS) is 15.5. The number of aromatic amines is 1. The number of nitrogens with zero attached hydrogens (tertiary/aromatic N) is 2. The molecule has 0 bridgehead atoms. The fourth-order valence-electron chi connectivity index (χ4n) is 11.8. The number of ether oxygens (including phenoxy) is 2. The predicted octanol–water partition coefficient (Wildman–Crippen LogP) is -11.4. The molecule has 34 N–H and O–H groups in total. The lowest BCUT2D eigenvalue weighted by Crippen LogP contribution is -2.60. The average Bonchev–Trinajstić information content (AvgIpc) is 0.803. The maximum atomic E-state index is 14.8. The third-order valence-corrected chi connectivity index (χ3v) is 24.2. The minimum absolute atomic E-state index is 0.00305. The molecule has 0 aliphatic rings. The summed E-state index contributed by atoms with van der Waals surface area (Å²) >= 11 is 0. The van der Waals surface area contributed by atoms with Gasteiger partial charge in [0.15, 0.2) is 0 Å². The van der Waals surface area contributed by atoms with E-state index in [0.717, 1.165) is 43.2 Å². The van der Waals surface area contributed by atoms with Crippen LogP contribution in [0.4, 0.5) is 16.4 Å². The van der Waals surface area contributed by atoms with Crippen molar-refractivity contribution >= 4 is 161 Å². The lowest BCUT2D eigenvalue weighted by atomic mass is 10.0. The van der Waals surface area contributed by atoms with E-state index in [1.165, 1.54) is 12.1 Å². The monoisotopic (exact) mass is 2000 g/mol. The van der Waals surface area contributed by atoms with Gasteiger partial charge in [0.05, 0.1) is 55.6 Å². The molecule has 1 aromatic heterocycles. The summed E-state index contributed by atoms with van der Waals surface area (Å²) in [5.74, 6) is -18.0. The van der Waals surface area contributed by atoms with E-state index in [1.54, 1.807) is 35.2 Å². The van der Waals surface area contributed by atoms with E-state index in [9.17, 15) is 173 Å². The number of carboxylic acid groups (broad SMARTS) is 4. The molecule has 19 atom stereocenters. The van der Waals surface area contributed by atoms with Gasteiger partial charge in [0.2, 0.25) is 59.1 Å². The second kappa shape index (κ2) is 62.5. The summed E-state index contributed by atoms with van der Waals surface area (Å²) < 4.78 is 9.86. The molecule has 11 amide bonds. The van der Waals surface area contributed by atoms with Gasteiger partial charge in [0.1, 0.15) is 110 Å². The van der Waals surface area contributed by atoms with E-state index in [0.29, 0.717) is 16.8 Å². The van der Waals surface area contributed by atoms with Crippen molar-refractivity contribution in [2.75, 3.05) is 92.9 Å². The highest BCUT2D eigenvalue weighted by Crippen LogP contribution is 2.25. The Balaban J connectivity index is 1.96. The zero-order chi connectivity index (χ0) is 101. The Bertz CT molecular complexity index is 4510. The summed E-state index contributed by atoms with van der Waals surface area (Å²) in [6.45, 7) is -6.19. The molecule has 0 fully saturated rings. The van der Waals surface area contributed by atoms with Crippen LogP contribution in [-0.2, 0) is 83.1 Å². The maximum Gasteiger partial charge on any atom is 0.404 e. The molecule has 53 nitrogen and oxygen atoms in total. The van der Waals surface area contributed by atoms with Crippen LogP contribution in [-0.4, -0.2) is 400 Å². The first-order valence-corrected chi connectivity index (χ1v) is 46.2. The van der Waals surface area contributed by atoms with Gasteiger partial charge in [-0.2, -0.15) is 0 Å². The lowest BCUT2D eigenvalue weighted by Gasteiger charge is -2.28. The number of carboxylic acids is 4. The molecule has 57 heteroatoms. The molecule has 0 spiro atoms. The fourth-order valence-corrected chi connectivity index (χ4v) is 15.6. The van der Waals surface area contributed by atoms with Crippen molar-refractivity contribution in [1.82, 2.24) is 63.1 Å². The molecule has 1 heterocycles. The van der Waals surface area contributed by atoms with Crippen LogP contribution in [0, 0.1) is 12.3 Å². The number of carbonyl (C=O) groups is 16. The Hall–Kier alpha value is -11.1. The van der Waals surface area contributed by atoms with E-state index in [4.69, 9.17) is 27.7 Å². The number of amides is 11. The first-order valence-electron chi connectivity index (χ1n) is 41.2. The topological polar surface area (TPSA) is 897 Å². The number of rotatable bonds is 68. The van der Waals surface area contributed by atoms with E-state index in [2.05, 4.69) is 73.8 Å². The van der Waals surface area contributed by atoms with Crippen molar-refractivity contribution < 1.29 is 183 Å². The van der Waals surface area contributed by atoms with Crippen LogP contribution in [0.1, 0.15) is 99.4 Å². The lowest BCUT2D eigenvalue weighted by molar-refractivity contribution is -0.144. The van der Waals surface area contributed by atoms with Gasteiger partial charge in [-0.25, -0.2) is 19.4 Å². The van der Waals surface area contributed by atoms with Crippen LogP contribution in [0.5, 0.6) is 0 Å². The van der Waals surface area contributed by atoms with Crippen molar-refractivity contribution in [3.05, 3.63) is 63.9 Å². The second-order valence-electron chi connectivity index (χ2n) is 29.8. The number of H-pyrrole nitrogens is 1. The number of fused-ring (bicyclic) bond motifs is 1. The van der Waals surface area contributed by atoms with Crippen molar-refractivity contribution in [2.45, 2.75) is 206 Å². The quantitative estimate of drug-likeness (QED) is 0.0108. The molecule has 0 aliphatic heterocycles. The molecule has 2 aromatic carbocycles. The Labute approximate surface area is 783 Å². The van der Waals surface area contributed by atoms with Gasteiger partial charge in [-0.3, -0.25) is 72.1 Å². The van der Waals surface area contributed by atoms with E-state index >= 15 is 0 Å². The number of hydrogen-bond donors (Lipinski definition) is 32. The maximum absolute atomic E-state index is 14.8. The highest BCUT2D eigenvalue weighted by atomic mass is 33.1. The van der Waals surface area contributed by atoms with Gasteiger partial charge in [0, 0.05) is 105 Å². The van der Waals surface area contributed by atoms with Gasteiger partial charge >= 0.3 is 35.9 Å². The van der Waals surface area contributed by atoms with Crippen LogP contribution in [0.2, 0.25) is 0 Å². The number of aromatic nitrogens is 2. The van der Waals surface area contributed by atoms with Gasteiger partial charge in [-0.15, -0.1) is 6.42 Å². The van der Waals surface area contributed by atoms with Gasteiger partial charge in [0.25, 0.3) is 11.5 Å². The second-order valence-corrected chi connectivity index (χ2v) is 35.1. The molecule has 0 radical (unpaired) electrons. The fraction of sp³-hybridized carbons (Fsp3) is 0.590. The number of aliphatic carboxylic acids is 4. The molecular formula is C78H115N15O38S4. The number of aliphatic hydroxyl groups excluding tert-OH is 15. The van der Waals surface area contributed by atoms with Crippen LogP contribution in [0.15, 0.2) is 47.3 Å². The number of carbonyl (C=O) groups excluding carboxylic acids is 12. The Morgan fingerprint density at radius 3 is 1.22 bits per heavy atom. The summed E-state index contributed by atoms with van der Waals surface area (Å²) in [5, 5.41) is 212. The minimum Gasteiger partial charge on any atom is -0.481 e. The summed E-state index contributed by atoms with van der Waals surface area (Å²) in [4.78, 5) is 234. The number of nitrogen functional groups attached to an aromatic ring is 1. The van der Waals surface area contributed by atoms with Crippen LogP contribution < -0.4 is 75.1 Å². The summed E-state index contributed by atoms with van der Waals surface area (Å²) in [6.07, 6.45) is -31.2. The molecule has 19 unspecified atom stereocenters. The molecule has 135 heavy (non-hydrogen) atoms. The molecule has 0 aliphatic carbocycles. The highest BCUT2D eigenvalue weighted by molar-refractivity contribution is 8.77. The van der Waals surface area contributed by atoms with E-state index < -0.39 is 338 Å². The van der Waals surface area contributed by atoms with Crippen LogP contribution in [0.3, 0.4) is 0 Å². The zero-order valence-electron chi connectivity index (χ0n) is 72.1. The molecule has 754 valence electrons. The number of anilines is 2. The molecule has 3 rings (SSSR count). The van der Waals surface area contributed by atoms with Crippen LogP contribution in [0.25, 0.3) is 10.9 Å². The standard InChI is InChI=1S/C78H115N15O38S4/c1-2-22-93(32-37-3-8-41-40(28-37)69(119)92-77(79)91-41)39-6-4-38(5-7-39)68(118)89-47(75(125)126)14-20-61(111)130-23-26-134-135-36-48(76(127)128)90-74(124)44(11-17-57(105)83-31-51(99)64(114)67(117)54(102)35-96)86-73(123)46(13-19-60(109)110)88-71(121)43(10-16-56(104)82-30-50(98)63(113)66(116)53(101)34-95)85-72(122)45(12-18-59(107)108)87-70(120)42(84-58(106)21-25-132-133-27-24-131-78(80)129)9-15-55(103)81-29-49(97)62(112)65(115)52(100)33-94/h1,3-8,28,42-54,62-67,94-102,112-117H,9-27,29-36H2,(H2,80,129)(H,81,103)(H,82,104)(H,83,105)(H,84,106)(H,85,122)(H,86,123)(H,87,120)(H,88,121)(H,89,118)(H,90,124)(H,107,108)(H,109,110)(H,125,126)(H,127,128)(H3,79,91,92,119). The Morgan fingerprint density at radius 1 is 0.444 bits per heavy atom. The Kier molecular flexibility index (Phi) is 54.6. The molecular weight excluding hydrogens is 1880 g/mol. The molecule has 0 saturated heterocycles. The van der Waals surface area contributed by atoms with Gasteiger partial charge in [-0.1, -0.05) is 55.2 Å². The van der Waals surface area contributed by atoms with Gasteiger partial charge < -0.3 is 176 Å². The number of hydrogen-bond acceptors (Lipinski definition) is 41. The third-order valence-electron chi connectivity index (χ3n) is 19.4. The zero-order valence-corrected chi connectivity index (χ0v) is 75.4. The molecule has 3 aromatic rings. The van der Waals surface area contributed by atoms with E-state index in [-0.39, 0.29) is 66.9 Å². The number of nitrogens with two attached hydrogens (primary N) is 2. The number of esters is 1. The number of nitrogens with one attached hydrogen (secondary N) is 11. The van der Waals surface area contributed by atoms with Gasteiger partial charge in [-0.05, 0) is 80.5 Å². The smallest absolute Gasteiger partial charge is 0.404 e. The highest BCUT2D eigenvalue weighted by Gasteiger charge is 2.38. The largest absolute Gasteiger partial charge is 0.481 e. The minimum atomic E-state index is -2.25. The first kappa shape index (κ1) is 118. The van der Waals surface area contributed by atoms with Crippen molar-refractivity contribution in [3.63, 3.8) is 0 Å². The average molecular weight is 2000 g/mol. The predicted molar refractivity (Wildman–Crippen MR) is 475 cm³/mol. The number of primary amides is 1. The first-order chi connectivity index (χ1) is 63.7. The number of aliphatic hydroxyl groups is 15. The van der Waals surface area contributed by atoms with Crippen molar-refractivity contribution in [3.8, 4) is 12.3 Å².